The van der Waals surface area contributed by atoms with Crippen LogP contribution in [0.2, 0.25) is 10.0 Å². The zero-order valence-electron chi connectivity index (χ0n) is 13.5. The van der Waals surface area contributed by atoms with Gasteiger partial charge in [-0.3, -0.25) is 9.10 Å². The van der Waals surface area contributed by atoms with Gasteiger partial charge < -0.3 is 10.1 Å². The molecule has 0 saturated heterocycles. The van der Waals surface area contributed by atoms with Gasteiger partial charge in [-0.15, -0.1) is 0 Å². The molecular formula is C16H16Cl2N2O4S. The summed E-state index contributed by atoms with van der Waals surface area (Å²) in [6.45, 7) is -0.232. The smallest absolute Gasteiger partial charge is 0.262 e. The first kappa shape index (κ1) is 19.4. The second-order valence-corrected chi connectivity index (χ2v) is 7.96. The van der Waals surface area contributed by atoms with Crippen LogP contribution in [0.25, 0.3) is 0 Å². The molecule has 1 N–H and O–H groups in total. The maximum absolute atomic E-state index is 11.9. The lowest BCUT2D eigenvalue weighted by Crippen LogP contribution is -2.24. The first-order valence-electron chi connectivity index (χ1n) is 7.09. The molecule has 0 aliphatic carbocycles. The van der Waals surface area contributed by atoms with Crippen LogP contribution in [0.4, 0.5) is 11.4 Å². The fourth-order valence-electron chi connectivity index (χ4n) is 1.88. The lowest BCUT2D eigenvalue weighted by molar-refractivity contribution is -0.118. The summed E-state index contributed by atoms with van der Waals surface area (Å²) in [5, 5.41) is 3.20. The number of hydrogen-bond donors (Lipinski definition) is 1. The maximum Gasteiger partial charge on any atom is 0.262 e. The molecule has 0 aliphatic heterocycles. The van der Waals surface area contributed by atoms with E-state index >= 15 is 0 Å². The predicted octanol–water partition coefficient (Wildman–Crippen LogP) is 3.41. The quantitative estimate of drug-likeness (QED) is 0.802. The lowest BCUT2D eigenvalue weighted by Gasteiger charge is -2.16. The molecule has 0 aromatic heterocycles. The summed E-state index contributed by atoms with van der Waals surface area (Å²) in [6.07, 6.45) is 1.11. The summed E-state index contributed by atoms with van der Waals surface area (Å²) >= 11 is 11.9. The zero-order chi connectivity index (χ0) is 18.6. The van der Waals surface area contributed by atoms with Crippen molar-refractivity contribution >= 4 is 50.5 Å². The van der Waals surface area contributed by atoms with Crippen molar-refractivity contribution in [1.29, 1.82) is 0 Å². The van der Waals surface area contributed by atoms with Gasteiger partial charge in [0.15, 0.2) is 6.61 Å². The van der Waals surface area contributed by atoms with Crippen molar-refractivity contribution in [2.45, 2.75) is 0 Å². The van der Waals surface area contributed by atoms with E-state index in [-0.39, 0.29) is 11.6 Å². The molecule has 2 aromatic rings. The topological polar surface area (TPSA) is 75.7 Å². The van der Waals surface area contributed by atoms with Crippen LogP contribution in [0.3, 0.4) is 0 Å². The van der Waals surface area contributed by atoms with Crippen molar-refractivity contribution in [3.63, 3.8) is 0 Å². The van der Waals surface area contributed by atoms with Crippen LogP contribution in [0.15, 0.2) is 42.5 Å². The van der Waals surface area contributed by atoms with Crippen LogP contribution in [-0.4, -0.2) is 34.2 Å². The molecule has 0 heterocycles. The van der Waals surface area contributed by atoms with E-state index in [1.807, 2.05) is 0 Å². The number of rotatable bonds is 6. The highest BCUT2D eigenvalue weighted by atomic mass is 35.5. The largest absolute Gasteiger partial charge is 0.484 e. The molecule has 134 valence electrons. The summed E-state index contributed by atoms with van der Waals surface area (Å²) in [5.74, 6) is 0.0273. The van der Waals surface area contributed by atoms with E-state index in [0.29, 0.717) is 22.1 Å². The van der Waals surface area contributed by atoms with Crippen molar-refractivity contribution in [2.75, 3.05) is 29.5 Å². The van der Waals surface area contributed by atoms with Crippen molar-refractivity contribution in [3.05, 3.63) is 52.5 Å². The van der Waals surface area contributed by atoms with Crippen LogP contribution in [0.1, 0.15) is 0 Å². The minimum atomic E-state index is -3.33. The molecule has 0 unspecified atom stereocenters. The van der Waals surface area contributed by atoms with Crippen LogP contribution in [0.5, 0.6) is 5.75 Å². The molecule has 25 heavy (non-hydrogen) atoms. The SMILES string of the molecule is CN(c1ccc(OCC(=O)Nc2cccc(Cl)c2Cl)cc1)S(C)(=O)=O. The predicted molar refractivity (Wildman–Crippen MR) is 100 cm³/mol. The highest BCUT2D eigenvalue weighted by Gasteiger charge is 2.12. The molecule has 0 spiro atoms. The molecule has 0 bridgehead atoms. The van der Waals surface area contributed by atoms with E-state index in [2.05, 4.69) is 5.32 Å². The number of nitrogens with zero attached hydrogens (tertiary/aromatic N) is 1. The molecule has 0 atom stereocenters. The lowest BCUT2D eigenvalue weighted by atomic mass is 10.3. The molecule has 0 aliphatic rings. The number of anilines is 2. The van der Waals surface area contributed by atoms with Gasteiger partial charge in [0.05, 0.1) is 27.7 Å². The second-order valence-electron chi connectivity index (χ2n) is 5.16. The van der Waals surface area contributed by atoms with Crippen molar-refractivity contribution in [1.82, 2.24) is 0 Å². The van der Waals surface area contributed by atoms with Gasteiger partial charge >= 0.3 is 0 Å². The molecule has 0 radical (unpaired) electrons. The van der Waals surface area contributed by atoms with E-state index in [0.717, 1.165) is 10.6 Å². The van der Waals surface area contributed by atoms with Crippen LogP contribution in [-0.2, 0) is 14.8 Å². The molecule has 1 amide bonds. The van der Waals surface area contributed by atoms with Gasteiger partial charge in [-0.25, -0.2) is 8.42 Å². The molecule has 2 rings (SSSR count). The van der Waals surface area contributed by atoms with Gasteiger partial charge in [0.25, 0.3) is 5.91 Å². The van der Waals surface area contributed by atoms with Gasteiger partial charge in [0.1, 0.15) is 5.75 Å². The summed E-state index contributed by atoms with van der Waals surface area (Å²) < 4.78 is 29.5. The minimum absolute atomic E-state index is 0.232. The van der Waals surface area contributed by atoms with Crippen LogP contribution >= 0.6 is 23.2 Å². The van der Waals surface area contributed by atoms with Gasteiger partial charge in [-0.1, -0.05) is 29.3 Å². The number of nitrogens with one attached hydrogen (secondary N) is 1. The van der Waals surface area contributed by atoms with E-state index in [9.17, 15) is 13.2 Å². The Bertz CT molecular complexity index is 870. The Morgan fingerprint density at radius 1 is 1.16 bits per heavy atom. The summed E-state index contributed by atoms with van der Waals surface area (Å²) in [5.41, 5.74) is 0.887. The molecule has 0 fully saturated rings. The fourth-order valence-corrected chi connectivity index (χ4v) is 2.73. The fraction of sp³-hybridized carbons (Fsp3) is 0.188. The number of benzene rings is 2. The third-order valence-corrected chi connectivity index (χ3v) is 5.32. The van der Waals surface area contributed by atoms with E-state index in [1.54, 1.807) is 42.5 Å². The van der Waals surface area contributed by atoms with Crippen LogP contribution < -0.4 is 14.4 Å². The Morgan fingerprint density at radius 2 is 1.80 bits per heavy atom. The first-order chi connectivity index (χ1) is 11.7. The summed E-state index contributed by atoms with van der Waals surface area (Å²) in [4.78, 5) is 11.9. The number of ether oxygens (including phenoxy) is 1. The molecule has 2 aromatic carbocycles. The first-order valence-corrected chi connectivity index (χ1v) is 9.69. The normalized spacial score (nSPS) is 11.0. The maximum atomic E-state index is 11.9. The number of amides is 1. The number of halogens is 2. The number of carbonyl (C=O) groups excluding carboxylic acids is 1. The molecule has 0 saturated carbocycles. The third-order valence-electron chi connectivity index (χ3n) is 3.29. The van der Waals surface area contributed by atoms with E-state index < -0.39 is 15.9 Å². The Hall–Kier alpha value is -1.96. The number of hydrogen-bond acceptors (Lipinski definition) is 4. The monoisotopic (exact) mass is 402 g/mol. The van der Waals surface area contributed by atoms with E-state index in [4.69, 9.17) is 27.9 Å². The second kappa shape index (κ2) is 7.95. The van der Waals surface area contributed by atoms with Crippen molar-refractivity contribution < 1.29 is 17.9 Å². The van der Waals surface area contributed by atoms with Crippen molar-refractivity contribution in [2.24, 2.45) is 0 Å². The Kier molecular flexibility index (Phi) is 6.16. The summed E-state index contributed by atoms with van der Waals surface area (Å²) in [6, 6.07) is 11.2. The minimum Gasteiger partial charge on any atom is -0.484 e. The van der Waals surface area contributed by atoms with Crippen molar-refractivity contribution in [3.8, 4) is 5.75 Å². The molecule has 9 heteroatoms. The number of sulfonamides is 1. The average molecular weight is 403 g/mol. The number of carbonyl (C=O) groups is 1. The average Bonchev–Trinajstić information content (AvgIpc) is 2.56. The molecular weight excluding hydrogens is 387 g/mol. The Morgan fingerprint density at radius 3 is 2.40 bits per heavy atom. The molecule has 6 nitrogen and oxygen atoms in total. The Labute approximate surface area is 156 Å². The zero-order valence-corrected chi connectivity index (χ0v) is 15.8. The highest BCUT2D eigenvalue weighted by Crippen LogP contribution is 2.29. The highest BCUT2D eigenvalue weighted by molar-refractivity contribution is 7.92. The third kappa shape index (κ3) is 5.26. The Balaban J connectivity index is 1.95. The van der Waals surface area contributed by atoms with E-state index in [1.165, 1.54) is 7.05 Å². The van der Waals surface area contributed by atoms with Crippen LogP contribution in [0, 0.1) is 0 Å². The van der Waals surface area contributed by atoms with Gasteiger partial charge in [0, 0.05) is 7.05 Å². The van der Waals surface area contributed by atoms with Gasteiger partial charge in [-0.05, 0) is 36.4 Å². The van der Waals surface area contributed by atoms with Gasteiger partial charge in [-0.2, -0.15) is 0 Å². The standard InChI is InChI=1S/C16H16Cl2N2O4S/c1-20(25(2,22)23)11-6-8-12(9-7-11)24-10-15(21)19-14-5-3-4-13(17)16(14)18/h3-9H,10H2,1-2H3,(H,19,21). The summed E-state index contributed by atoms with van der Waals surface area (Å²) in [7, 11) is -1.88. The van der Waals surface area contributed by atoms with Gasteiger partial charge in [0.2, 0.25) is 10.0 Å².